The number of hydrogen-bond acceptors (Lipinski definition) is 5. The van der Waals surface area contributed by atoms with Crippen molar-refractivity contribution >= 4 is 29.3 Å². The van der Waals surface area contributed by atoms with Crippen LogP contribution < -0.4 is 5.32 Å². The van der Waals surface area contributed by atoms with Gasteiger partial charge in [0, 0.05) is 17.1 Å². The van der Waals surface area contributed by atoms with E-state index in [0.717, 1.165) is 29.5 Å². The summed E-state index contributed by atoms with van der Waals surface area (Å²) in [5.74, 6) is 0.162. The predicted molar refractivity (Wildman–Crippen MR) is 104 cm³/mol. The number of aromatic nitrogens is 2. The van der Waals surface area contributed by atoms with Crippen LogP contribution in [0.2, 0.25) is 5.02 Å². The summed E-state index contributed by atoms with van der Waals surface area (Å²) < 4.78 is 43.1. The molecule has 0 aliphatic rings. The molecule has 0 saturated carbocycles. The lowest BCUT2D eigenvalue weighted by Crippen LogP contribution is -2.27. The van der Waals surface area contributed by atoms with Gasteiger partial charge in [-0.1, -0.05) is 35.5 Å². The zero-order chi connectivity index (χ0) is 20.9. The highest BCUT2D eigenvalue weighted by Gasteiger charge is 2.29. The van der Waals surface area contributed by atoms with Gasteiger partial charge in [0.05, 0.1) is 11.3 Å². The number of carbonyl (C=O) groups is 1. The highest BCUT2D eigenvalue weighted by Crippen LogP contribution is 2.29. The van der Waals surface area contributed by atoms with E-state index in [9.17, 15) is 18.0 Å². The third kappa shape index (κ3) is 6.23. The van der Waals surface area contributed by atoms with Crippen LogP contribution in [0.25, 0.3) is 11.5 Å². The predicted octanol–water partition coefficient (Wildman–Crippen LogP) is 4.86. The molecule has 0 spiro atoms. The molecule has 5 nitrogen and oxygen atoms in total. The Bertz CT molecular complexity index is 960. The van der Waals surface area contributed by atoms with Crippen molar-refractivity contribution in [1.82, 2.24) is 15.5 Å². The summed E-state index contributed by atoms with van der Waals surface area (Å²) in [6, 6.07) is 11.8. The monoisotopic (exact) mass is 441 g/mol. The Balaban J connectivity index is 1.42. The van der Waals surface area contributed by atoms with Crippen LogP contribution in [-0.2, 0) is 17.4 Å². The SMILES string of the molecule is O=C(CSc1nnc(-c2ccc(Cl)cc2)o1)NCCc1ccc(C(F)(F)F)cc1. The molecule has 152 valence electrons. The Hall–Kier alpha value is -2.52. The van der Waals surface area contributed by atoms with Crippen LogP contribution in [0.4, 0.5) is 13.2 Å². The van der Waals surface area contributed by atoms with Gasteiger partial charge in [0.25, 0.3) is 5.22 Å². The van der Waals surface area contributed by atoms with Crippen molar-refractivity contribution < 1.29 is 22.4 Å². The molecule has 10 heteroatoms. The smallest absolute Gasteiger partial charge is 0.411 e. The van der Waals surface area contributed by atoms with E-state index in [1.807, 2.05) is 0 Å². The molecule has 0 unspecified atom stereocenters. The van der Waals surface area contributed by atoms with Crippen molar-refractivity contribution in [2.45, 2.75) is 17.8 Å². The molecule has 0 aliphatic carbocycles. The van der Waals surface area contributed by atoms with E-state index in [-0.39, 0.29) is 16.9 Å². The second-order valence-corrected chi connectivity index (χ2v) is 7.33. The lowest BCUT2D eigenvalue weighted by molar-refractivity contribution is -0.137. The molecule has 1 amide bonds. The van der Waals surface area contributed by atoms with Gasteiger partial charge >= 0.3 is 6.18 Å². The van der Waals surface area contributed by atoms with Crippen molar-refractivity contribution in [2.24, 2.45) is 0 Å². The summed E-state index contributed by atoms with van der Waals surface area (Å²) in [5, 5.41) is 11.4. The molecule has 0 atom stereocenters. The zero-order valence-corrected chi connectivity index (χ0v) is 16.4. The van der Waals surface area contributed by atoms with Crippen molar-refractivity contribution in [1.29, 1.82) is 0 Å². The first kappa shape index (κ1) is 21.2. The third-order valence-electron chi connectivity index (χ3n) is 3.84. The van der Waals surface area contributed by atoms with Crippen LogP contribution in [0.1, 0.15) is 11.1 Å². The molecule has 0 saturated heterocycles. The number of nitrogens with one attached hydrogen (secondary N) is 1. The summed E-state index contributed by atoms with van der Waals surface area (Å²) >= 11 is 6.93. The maximum absolute atomic E-state index is 12.5. The number of halogens is 4. The van der Waals surface area contributed by atoms with Gasteiger partial charge < -0.3 is 9.73 Å². The van der Waals surface area contributed by atoms with Gasteiger partial charge in [-0.3, -0.25) is 4.79 Å². The van der Waals surface area contributed by atoms with E-state index in [1.54, 1.807) is 24.3 Å². The Morgan fingerprint density at radius 1 is 1.07 bits per heavy atom. The maximum atomic E-state index is 12.5. The zero-order valence-electron chi connectivity index (χ0n) is 14.9. The van der Waals surface area contributed by atoms with Crippen LogP contribution in [-0.4, -0.2) is 28.4 Å². The standard InChI is InChI=1S/C19H15ClF3N3O2S/c20-15-7-3-13(4-8-15)17-25-26-18(28-17)29-11-16(27)24-10-9-12-1-5-14(6-2-12)19(21,22)23/h1-8H,9-11H2,(H,24,27). The van der Waals surface area contributed by atoms with Crippen molar-refractivity contribution in [3.8, 4) is 11.5 Å². The highest BCUT2D eigenvalue weighted by atomic mass is 35.5. The van der Waals surface area contributed by atoms with E-state index in [0.29, 0.717) is 29.4 Å². The number of benzene rings is 2. The fourth-order valence-corrected chi connectivity index (χ4v) is 3.08. The molecule has 29 heavy (non-hydrogen) atoms. The summed E-state index contributed by atoms with van der Waals surface area (Å²) in [6.07, 6.45) is -3.93. The quantitative estimate of drug-likeness (QED) is 0.530. The van der Waals surface area contributed by atoms with Gasteiger partial charge in [-0.2, -0.15) is 13.2 Å². The van der Waals surface area contributed by atoms with Gasteiger partial charge in [-0.05, 0) is 48.4 Å². The minimum atomic E-state index is -4.36. The lowest BCUT2D eigenvalue weighted by atomic mass is 10.1. The van der Waals surface area contributed by atoms with Crippen LogP contribution in [0.15, 0.2) is 58.2 Å². The van der Waals surface area contributed by atoms with Gasteiger partial charge in [0.1, 0.15) is 0 Å². The lowest BCUT2D eigenvalue weighted by Gasteiger charge is -2.08. The second kappa shape index (κ2) is 9.32. The number of thioether (sulfide) groups is 1. The molecule has 2 aromatic carbocycles. The van der Waals surface area contributed by atoms with E-state index >= 15 is 0 Å². The molecule has 3 aromatic rings. The third-order valence-corrected chi connectivity index (χ3v) is 4.91. The van der Waals surface area contributed by atoms with Crippen LogP contribution in [0.3, 0.4) is 0 Å². The minimum Gasteiger partial charge on any atom is -0.411 e. The largest absolute Gasteiger partial charge is 0.416 e. The molecular weight excluding hydrogens is 427 g/mol. The first-order valence-corrected chi connectivity index (χ1v) is 9.83. The molecule has 0 fully saturated rings. The van der Waals surface area contributed by atoms with Gasteiger partial charge in [0.15, 0.2) is 0 Å². The number of hydrogen-bond donors (Lipinski definition) is 1. The second-order valence-electron chi connectivity index (χ2n) is 5.96. The van der Waals surface area contributed by atoms with Crippen molar-refractivity contribution in [3.63, 3.8) is 0 Å². The van der Waals surface area contributed by atoms with E-state index in [4.69, 9.17) is 16.0 Å². The summed E-state index contributed by atoms with van der Waals surface area (Å²) in [7, 11) is 0. The molecule has 0 bridgehead atoms. The summed E-state index contributed by atoms with van der Waals surface area (Å²) in [4.78, 5) is 11.9. The van der Waals surface area contributed by atoms with Crippen LogP contribution in [0, 0.1) is 0 Å². The van der Waals surface area contributed by atoms with Gasteiger partial charge in [-0.15, -0.1) is 10.2 Å². The first-order chi connectivity index (χ1) is 13.8. The Kier molecular flexibility index (Phi) is 6.81. The van der Waals surface area contributed by atoms with E-state index < -0.39 is 11.7 Å². The van der Waals surface area contributed by atoms with E-state index in [2.05, 4.69) is 15.5 Å². The average Bonchev–Trinajstić information content (AvgIpc) is 3.16. The molecular formula is C19H15ClF3N3O2S. The molecule has 1 N–H and O–H groups in total. The Morgan fingerprint density at radius 3 is 2.41 bits per heavy atom. The average molecular weight is 442 g/mol. The van der Waals surface area contributed by atoms with Crippen molar-refractivity contribution in [2.75, 3.05) is 12.3 Å². The number of rotatable bonds is 7. The molecule has 3 rings (SSSR count). The molecule has 0 radical (unpaired) electrons. The summed E-state index contributed by atoms with van der Waals surface area (Å²) in [6.45, 7) is 0.310. The number of carbonyl (C=O) groups excluding carboxylic acids is 1. The number of nitrogens with zero attached hydrogens (tertiary/aromatic N) is 2. The van der Waals surface area contributed by atoms with Crippen molar-refractivity contribution in [3.05, 3.63) is 64.7 Å². The topological polar surface area (TPSA) is 68.0 Å². The van der Waals surface area contributed by atoms with Gasteiger partial charge in [0.2, 0.25) is 11.8 Å². The summed E-state index contributed by atoms with van der Waals surface area (Å²) in [5.41, 5.74) is 0.726. The normalized spacial score (nSPS) is 11.4. The van der Waals surface area contributed by atoms with Gasteiger partial charge in [-0.25, -0.2) is 0 Å². The number of amides is 1. The first-order valence-electron chi connectivity index (χ1n) is 8.46. The van der Waals surface area contributed by atoms with E-state index in [1.165, 1.54) is 12.1 Å². The maximum Gasteiger partial charge on any atom is 0.416 e. The highest BCUT2D eigenvalue weighted by molar-refractivity contribution is 7.99. The molecule has 1 heterocycles. The van der Waals surface area contributed by atoms with Crippen LogP contribution in [0.5, 0.6) is 0 Å². The van der Waals surface area contributed by atoms with Crippen LogP contribution >= 0.6 is 23.4 Å². The number of alkyl halides is 3. The molecule has 0 aliphatic heterocycles. The molecule has 1 aromatic heterocycles. The Morgan fingerprint density at radius 2 is 1.76 bits per heavy atom. The Labute approximate surface area is 173 Å². The fraction of sp³-hybridized carbons (Fsp3) is 0.211. The minimum absolute atomic E-state index is 0.0786. The fourth-order valence-electron chi connectivity index (χ4n) is 2.36.